The first-order valence-electron chi connectivity index (χ1n) is 7.04. The van der Waals surface area contributed by atoms with E-state index in [4.69, 9.17) is 0 Å². The van der Waals surface area contributed by atoms with Crippen LogP contribution in [-0.4, -0.2) is 18.9 Å². The molecule has 2 N–H and O–H groups in total. The van der Waals surface area contributed by atoms with Crippen molar-refractivity contribution in [3.63, 3.8) is 0 Å². The van der Waals surface area contributed by atoms with Gasteiger partial charge in [0.05, 0.1) is 12.6 Å². The van der Waals surface area contributed by atoms with E-state index in [2.05, 4.69) is 64.2 Å². The Bertz CT molecular complexity index is 563. The van der Waals surface area contributed by atoms with Gasteiger partial charge in [0.2, 0.25) is 0 Å². The summed E-state index contributed by atoms with van der Waals surface area (Å²) in [5, 5.41) is 6.98. The third-order valence-electron chi connectivity index (χ3n) is 3.46. The lowest BCUT2D eigenvalue weighted by Gasteiger charge is -2.20. The maximum atomic E-state index is 4.57. The van der Waals surface area contributed by atoms with Gasteiger partial charge in [0, 0.05) is 13.1 Å². The van der Waals surface area contributed by atoms with Crippen molar-refractivity contribution in [3.05, 3.63) is 71.8 Å². The van der Waals surface area contributed by atoms with Crippen LogP contribution in [0, 0.1) is 0 Å². The molecular weight excluding hydrogens is 246 g/mol. The summed E-state index contributed by atoms with van der Waals surface area (Å²) in [6, 6.07) is 21.1. The summed E-state index contributed by atoms with van der Waals surface area (Å²) >= 11 is 0. The van der Waals surface area contributed by atoms with E-state index < -0.39 is 0 Å². The Hall–Kier alpha value is -2.13. The molecule has 3 nitrogen and oxygen atoms in total. The standard InChI is InChI=1S/C17H19N3/c1-3-7-14(8-4-1)13-20-16(17-18-11-12-19-17)15-9-5-2-6-10-15/h1-10,16,20H,11-13H2,(H,18,19). The molecule has 0 spiro atoms. The first-order valence-corrected chi connectivity index (χ1v) is 7.04. The molecule has 20 heavy (non-hydrogen) atoms. The number of hydrogen-bond acceptors (Lipinski definition) is 3. The zero-order valence-electron chi connectivity index (χ0n) is 11.4. The molecule has 0 fully saturated rings. The zero-order chi connectivity index (χ0) is 13.6. The second kappa shape index (κ2) is 6.35. The lowest BCUT2D eigenvalue weighted by Crippen LogP contribution is -2.35. The first kappa shape index (κ1) is 12.9. The maximum Gasteiger partial charge on any atom is 0.118 e. The van der Waals surface area contributed by atoms with Crippen molar-refractivity contribution >= 4 is 5.84 Å². The Balaban J connectivity index is 1.76. The lowest BCUT2D eigenvalue weighted by atomic mass is 10.1. The number of hydrogen-bond donors (Lipinski definition) is 2. The Morgan fingerprint density at radius 2 is 1.70 bits per heavy atom. The van der Waals surface area contributed by atoms with Gasteiger partial charge in [0.1, 0.15) is 5.84 Å². The van der Waals surface area contributed by atoms with Gasteiger partial charge in [-0.2, -0.15) is 0 Å². The molecule has 0 radical (unpaired) electrons. The van der Waals surface area contributed by atoms with Gasteiger partial charge < -0.3 is 5.32 Å². The van der Waals surface area contributed by atoms with Gasteiger partial charge >= 0.3 is 0 Å². The summed E-state index contributed by atoms with van der Waals surface area (Å²) in [7, 11) is 0. The van der Waals surface area contributed by atoms with Crippen molar-refractivity contribution in [1.82, 2.24) is 10.6 Å². The molecule has 0 amide bonds. The number of aliphatic imine (C=N–C) groups is 1. The van der Waals surface area contributed by atoms with Crippen LogP contribution in [0.3, 0.4) is 0 Å². The molecule has 102 valence electrons. The van der Waals surface area contributed by atoms with Crippen molar-refractivity contribution in [3.8, 4) is 0 Å². The normalized spacial score (nSPS) is 15.5. The fourth-order valence-electron chi connectivity index (χ4n) is 2.44. The molecule has 2 aromatic rings. The number of rotatable bonds is 5. The quantitative estimate of drug-likeness (QED) is 0.871. The molecule has 0 bridgehead atoms. The third-order valence-corrected chi connectivity index (χ3v) is 3.46. The summed E-state index contributed by atoms with van der Waals surface area (Å²) in [4.78, 5) is 4.57. The molecule has 0 aromatic heterocycles. The van der Waals surface area contributed by atoms with Crippen molar-refractivity contribution in [2.24, 2.45) is 4.99 Å². The molecule has 1 unspecified atom stereocenters. The average Bonchev–Trinajstić information content (AvgIpc) is 3.04. The van der Waals surface area contributed by atoms with Crippen LogP contribution >= 0.6 is 0 Å². The van der Waals surface area contributed by atoms with Crippen LogP contribution in [-0.2, 0) is 6.54 Å². The van der Waals surface area contributed by atoms with E-state index in [1.165, 1.54) is 11.1 Å². The van der Waals surface area contributed by atoms with E-state index >= 15 is 0 Å². The van der Waals surface area contributed by atoms with E-state index in [0.717, 1.165) is 25.5 Å². The van der Waals surface area contributed by atoms with E-state index in [1.54, 1.807) is 0 Å². The van der Waals surface area contributed by atoms with Gasteiger partial charge in [0.15, 0.2) is 0 Å². The molecule has 1 aliphatic rings. The van der Waals surface area contributed by atoms with E-state index in [0.29, 0.717) is 0 Å². The summed E-state index contributed by atoms with van der Waals surface area (Å²) in [5.74, 6) is 1.05. The van der Waals surface area contributed by atoms with Crippen molar-refractivity contribution < 1.29 is 0 Å². The third kappa shape index (κ3) is 3.06. The van der Waals surface area contributed by atoms with Crippen LogP contribution in [0.5, 0.6) is 0 Å². The molecule has 0 saturated carbocycles. The molecular formula is C17H19N3. The monoisotopic (exact) mass is 265 g/mol. The van der Waals surface area contributed by atoms with Crippen LogP contribution in [0.25, 0.3) is 0 Å². The average molecular weight is 265 g/mol. The Morgan fingerprint density at radius 3 is 2.35 bits per heavy atom. The second-order valence-electron chi connectivity index (χ2n) is 4.90. The van der Waals surface area contributed by atoms with Crippen molar-refractivity contribution in [2.45, 2.75) is 12.6 Å². The SMILES string of the molecule is c1ccc(CNC(C2=NCCN2)c2ccccc2)cc1. The van der Waals surface area contributed by atoms with Gasteiger partial charge in [-0.1, -0.05) is 60.7 Å². The molecule has 2 aromatic carbocycles. The minimum Gasteiger partial charge on any atom is -0.370 e. The maximum absolute atomic E-state index is 4.57. The van der Waals surface area contributed by atoms with Crippen LogP contribution in [0.4, 0.5) is 0 Å². The van der Waals surface area contributed by atoms with Gasteiger partial charge in [-0.3, -0.25) is 10.3 Å². The predicted molar refractivity (Wildman–Crippen MR) is 82.8 cm³/mol. The van der Waals surface area contributed by atoms with Crippen LogP contribution in [0.15, 0.2) is 65.7 Å². The van der Waals surface area contributed by atoms with Crippen molar-refractivity contribution in [2.75, 3.05) is 13.1 Å². The van der Waals surface area contributed by atoms with Gasteiger partial charge in [-0.25, -0.2) is 0 Å². The number of nitrogens with zero attached hydrogens (tertiary/aromatic N) is 1. The first-order chi connectivity index (χ1) is 9.93. The summed E-state index contributed by atoms with van der Waals surface area (Å²) in [6.45, 7) is 2.64. The van der Waals surface area contributed by atoms with E-state index in [-0.39, 0.29) is 6.04 Å². The molecule has 3 rings (SSSR count). The van der Waals surface area contributed by atoms with Gasteiger partial charge in [-0.15, -0.1) is 0 Å². The zero-order valence-corrected chi connectivity index (χ0v) is 11.4. The highest BCUT2D eigenvalue weighted by atomic mass is 15.1. The molecule has 3 heteroatoms. The smallest absolute Gasteiger partial charge is 0.118 e. The number of benzene rings is 2. The number of amidine groups is 1. The lowest BCUT2D eigenvalue weighted by molar-refractivity contribution is 0.636. The predicted octanol–water partition coefficient (Wildman–Crippen LogP) is 2.52. The van der Waals surface area contributed by atoms with Crippen LogP contribution in [0.1, 0.15) is 17.2 Å². The van der Waals surface area contributed by atoms with Crippen LogP contribution in [0.2, 0.25) is 0 Å². The Labute approximate surface area is 119 Å². The minimum absolute atomic E-state index is 0.138. The highest BCUT2D eigenvalue weighted by Crippen LogP contribution is 2.16. The Morgan fingerprint density at radius 1 is 1.00 bits per heavy atom. The van der Waals surface area contributed by atoms with Crippen LogP contribution < -0.4 is 10.6 Å². The molecule has 0 saturated heterocycles. The molecule has 0 aliphatic carbocycles. The summed E-state index contributed by atoms with van der Waals surface area (Å²) < 4.78 is 0. The summed E-state index contributed by atoms with van der Waals surface area (Å²) in [6.07, 6.45) is 0. The second-order valence-corrected chi connectivity index (χ2v) is 4.90. The fraction of sp³-hybridized carbons (Fsp3) is 0.235. The van der Waals surface area contributed by atoms with Gasteiger partial charge in [0.25, 0.3) is 0 Å². The highest BCUT2D eigenvalue weighted by molar-refractivity contribution is 5.89. The van der Waals surface area contributed by atoms with E-state index in [1.807, 2.05) is 12.1 Å². The van der Waals surface area contributed by atoms with Gasteiger partial charge in [-0.05, 0) is 11.1 Å². The molecule has 1 heterocycles. The highest BCUT2D eigenvalue weighted by Gasteiger charge is 2.19. The fourth-order valence-corrected chi connectivity index (χ4v) is 2.44. The topological polar surface area (TPSA) is 36.4 Å². The molecule has 1 aliphatic heterocycles. The minimum atomic E-state index is 0.138. The van der Waals surface area contributed by atoms with Crippen molar-refractivity contribution in [1.29, 1.82) is 0 Å². The molecule has 1 atom stereocenters. The number of nitrogens with one attached hydrogen (secondary N) is 2. The summed E-state index contributed by atoms with van der Waals surface area (Å²) in [5.41, 5.74) is 2.53. The van der Waals surface area contributed by atoms with E-state index in [9.17, 15) is 0 Å². The largest absolute Gasteiger partial charge is 0.370 e. The Kier molecular flexibility index (Phi) is 4.09.